The van der Waals surface area contributed by atoms with Crippen molar-refractivity contribution in [2.24, 2.45) is 5.73 Å². The van der Waals surface area contributed by atoms with Crippen LogP contribution in [0.4, 0.5) is 0 Å². The summed E-state index contributed by atoms with van der Waals surface area (Å²) in [6.45, 7) is 0. The molecule has 0 radical (unpaired) electrons. The maximum Gasteiger partial charge on any atom is 0.162 e. The van der Waals surface area contributed by atoms with Crippen LogP contribution in [0.5, 0.6) is 0 Å². The minimum absolute atomic E-state index is 0.626. The fourth-order valence-electron chi connectivity index (χ4n) is 0.387. The van der Waals surface area contributed by atoms with E-state index in [0.717, 1.165) is 0 Å². The standard InChI is InChI=1S/C4H2Br9N/c5-1(6,3(9,10)11)2(7,8)4(12,13)14/h14H2. The molecule has 0 fully saturated rings. The third-order valence-electron chi connectivity index (χ3n) is 1.17. The molecule has 0 atom stereocenters. The van der Waals surface area contributed by atoms with Gasteiger partial charge >= 0.3 is 0 Å². The highest BCUT2D eigenvalue weighted by Crippen LogP contribution is 2.66. The lowest BCUT2D eigenvalue weighted by molar-refractivity contribution is 0.725. The van der Waals surface area contributed by atoms with Crippen molar-refractivity contribution in [3.05, 3.63) is 0 Å². The van der Waals surface area contributed by atoms with E-state index < -0.39 is 12.0 Å². The highest BCUT2D eigenvalue weighted by Gasteiger charge is 2.63. The van der Waals surface area contributed by atoms with Gasteiger partial charge in [0.25, 0.3) is 0 Å². The van der Waals surface area contributed by atoms with Crippen LogP contribution in [0.15, 0.2) is 0 Å². The fraction of sp³-hybridized carbons (Fsp3) is 1.00. The fourth-order valence-corrected chi connectivity index (χ4v) is 5.75. The van der Waals surface area contributed by atoms with E-state index in [-0.39, 0.29) is 0 Å². The Hall–Kier alpha value is 4.28. The van der Waals surface area contributed by atoms with Gasteiger partial charge in [-0.1, -0.05) is 143 Å². The van der Waals surface area contributed by atoms with Crippen LogP contribution in [-0.2, 0) is 0 Å². The molecule has 2 N–H and O–H groups in total. The van der Waals surface area contributed by atoms with Gasteiger partial charge in [-0.15, -0.1) is 0 Å². The number of halogens is 9. The van der Waals surface area contributed by atoms with E-state index in [1.165, 1.54) is 0 Å². The smallest absolute Gasteiger partial charge is 0.162 e. The van der Waals surface area contributed by atoms with Gasteiger partial charge in [0.2, 0.25) is 0 Å². The van der Waals surface area contributed by atoms with E-state index in [0.29, 0.717) is 0 Å². The quantitative estimate of drug-likeness (QED) is 0.263. The molecule has 0 aliphatic carbocycles. The van der Waals surface area contributed by atoms with Gasteiger partial charge in [0, 0.05) is 0 Å². The van der Waals surface area contributed by atoms with Gasteiger partial charge in [0.15, 0.2) is 5.50 Å². The molecule has 0 amide bonds. The summed E-state index contributed by atoms with van der Waals surface area (Å²) >= 11 is 30.8. The summed E-state index contributed by atoms with van der Waals surface area (Å²) in [4.78, 5) is 0. The second-order valence-corrected chi connectivity index (χ2v) is 19.5. The first kappa shape index (κ1) is 18.3. The monoisotopic (exact) mass is 774 g/mol. The van der Waals surface area contributed by atoms with Crippen molar-refractivity contribution in [2.75, 3.05) is 0 Å². The number of alkyl halides is 9. The Balaban J connectivity index is 5.30. The van der Waals surface area contributed by atoms with Gasteiger partial charge in [-0.05, 0) is 0 Å². The zero-order chi connectivity index (χ0) is 12.0. The van der Waals surface area contributed by atoms with Crippen molar-refractivity contribution >= 4 is 143 Å². The third-order valence-corrected chi connectivity index (χ3v) is 16.4. The van der Waals surface area contributed by atoms with Gasteiger partial charge in [-0.3, -0.25) is 0 Å². The van der Waals surface area contributed by atoms with Crippen molar-refractivity contribution in [1.82, 2.24) is 0 Å². The van der Waals surface area contributed by atoms with Crippen LogP contribution in [0.1, 0.15) is 0 Å². The van der Waals surface area contributed by atoms with E-state index in [1.54, 1.807) is 0 Å². The van der Waals surface area contributed by atoms with Crippen molar-refractivity contribution in [1.29, 1.82) is 0 Å². The molecule has 0 bridgehead atoms. The first-order valence-corrected chi connectivity index (χ1v) is 9.88. The normalized spacial score (nSPS) is 15.9. The van der Waals surface area contributed by atoms with Crippen LogP contribution < -0.4 is 5.73 Å². The van der Waals surface area contributed by atoms with E-state index in [2.05, 4.69) is 143 Å². The Bertz CT molecular complexity index is 186. The SMILES string of the molecule is NC(Br)(Br)C(Br)(Br)C(Br)(Br)C(Br)(Br)Br. The molecule has 0 aromatic heterocycles. The average Bonchev–Trinajstić information content (AvgIpc) is 1.81. The zero-order valence-electron chi connectivity index (χ0n) is 5.98. The van der Waals surface area contributed by atoms with Crippen molar-refractivity contribution in [3.63, 3.8) is 0 Å². The first-order chi connectivity index (χ1) is 5.75. The lowest BCUT2D eigenvalue weighted by atomic mass is 10.3. The largest absolute Gasteiger partial charge is 0.305 e. The Labute approximate surface area is 158 Å². The molecular weight excluding hydrogens is 781 g/mol. The molecule has 0 rings (SSSR count). The summed E-state index contributed by atoms with van der Waals surface area (Å²) in [5.41, 5.74) is 5.91. The van der Waals surface area contributed by atoms with Gasteiger partial charge in [0.1, 0.15) is 6.47 Å². The zero-order valence-corrected chi connectivity index (χ0v) is 20.3. The predicted octanol–water partition coefficient (Wildman–Crippen LogP) is 6.20. The Morgan fingerprint density at radius 2 is 0.857 bits per heavy atom. The Morgan fingerprint density at radius 1 is 0.571 bits per heavy atom. The highest BCUT2D eigenvalue weighted by molar-refractivity contribution is 9.42. The topological polar surface area (TPSA) is 26.0 Å². The number of hydrogen-bond donors (Lipinski definition) is 1. The predicted molar refractivity (Wildman–Crippen MR) is 95.5 cm³/mol. The molecule has 14 heavy (non-hydrogen) atoms. The summed E-state index contributed by atoms with van der Waals surface area (Å²) < 4.78 is -2.96. The number of rotatable bonds is 2. The number of hydrogen-bond acceptors (Lipinski definition) is 1. The summed E-state index contributed by atoms with van der Waals surface area (Å²) in [7, 11) is 0. The summed E-state index contributed by atoms with van der Waals surface area (Å²) in [5, 5.41) is 0. The minimum atomic E-state index is -0.888. The van der Waals surface area contributed by atoms with Crippen molar-refractivity contribution < 1.29 is 0 Å². The number of nitrogens with two attached hydrogens (primary N) is 1. The molecule has 0 heterocycles. The molecule has 0 aromatic carbocycles. The van der Waals surface area contributed by atoms with Crippen molar-refractivity contribution in [2.45, 2.75) is 12.0 Å². The molecule has 1 nitrogen and oxygen atoms in total. The second kappa shape index (κ2) is 5.73. The Morgan fingerprint density at radius 3 is 0.929 bits per heavy atom. The van der Waals surface area contributed by atoms with E-state index in [1.807, 2.05) is 0 Å². The molecule has 0 saturated carbocycles. The summed E-state index contributed by atoms with van der Waals surface area (Å²) in [6, 6.07) is 0. The molecule has 10 heteroatoms. The molecule has 0 aliphatic rings. The summed E-state index contributed by atoms with van der Waals surface area (Å²) in [5.74, 6) is 0. The molecule has 0 aromatic rings. The highest BCUT2D eigenvalue weighted by atomic mass is 80.0. The molecule has 0 saturated heterocycles. The summed E-state index contributed by atoms with van der Waals surface area (Å²) in [6.07, 6.45) is 0. The van der Waals surface area contributed by atoms with Gasteiger partial charge in [0.05, 0.1) is 0 Å². The maximum absolute atomic E-state index is 5.91. The lowest BCUT2D eigenvalue weighted by Crippen LogP contribution is -2.57. The average molecular weight is 783 g/mol. The van der Waals surface area contributed by atoms with Crippen LogP contribution in [0.2, 0.25) is 0 Å². The Kier molecular flexibility index (Phi) is 7.48. The molecule has 86 valence electrons. The molecular formula is C4H2Br9N. The van der Waals surface area contributed by atoms with Crippen LogP contribution in [-0.4, -0.2) is 12.0 Å². The molecule has 0 unspecified atom stereocenters. The van der Waals surface area contributed by atoms with Crippen LogP contribution in [0.25, 0.3) is 0 Å². The first-order valence-electron chi connectivity index (χ1n) is 2.74. The van der Waals surface area contributed by atoms with Gasteiger partial charge in [-0.2, -0.15) is 0 Å². The van der Waals surface area contributed by atoms with E-state index >= 15 is 0 Å². The minimum Gasteiger partial charge on any atom is -0.305 e. The van der Waals surface area contributed by atoms with E-state index in [9.17, 15) is 0 Å². The molecule has 0 spiro atoms. The maximum atomic E-state index is 5.91. The van der Waals surface area contributed by atoms with Gasteiger partial charge in [-0.25, -0.2) is 0 Å². The lowest BCUT2D eigenvalue weighted by Gasteiger charge is -2.45. The molecule has 0 aliphatic heterocycles. The third kappa shape index (κ3) is 3.88. The van der Waals surface area contributed by atoms with Crippen LogP contribution in [0, 0.1) is 0 Å². The van der Waals surface area contributed by atoms with Gasteiger partial charge < -0.3 is 5.73 Å². The van der Waals surface area contributed by atoms with Crippen LogP contribution in [0.3, 0.4) is 0 Å². The van der Waals surface area contributed by atoms with Crippen molar-refractivity contribution in [3.8, 4) is 0 Å². The van der Waals surface area contributed by atoms with Crippen LogP contribution >= 0.6 is 143 Å². The second-order valence-electron chi connectivity index (χ2n) is 2.27. The van der Waals surface area contributed by atoms with E-state index in [4.69, 9.17) is 5.73 Å².